The molecule has 0 spiro atoms. The molecule has 1 saturated heterocycles. The number of hydrogen-bond acceptors (Lipinski definition) is 7. The molecule has 33 heavy (non-hydrogen) atoms. The van der Waals surface area contributed by atoms with Gasteiger partial charge in [0.1, 0.15) is 11.6 Å². The largest absolute Gasteiger partial charge is 0.496 e. The summed E-state index contributed by atoms with van der Waals surface area (Å²) in [7, 11) is 1.66. The SMILES string of the molecule is COc1ccccc1C1(C(=O)N2CCN(c3ccc(Nc4cccc(C)n4)nn3)CC2)CC1. The van der Waals surface area contributed by atoms with Crippen LogP contribution in [0.25, 0.3) is 0 Å². The van der Waals surface area contributed by atoms with Crippen molar-refractivity contribution >= 4 is 23.4 Å². The molecule has 2 aromatic heterocycles. The molecule has 1 aliphatic carbocycles. The number of aryl methyl sites for hydroxylation is 1. The Labute approximate surface area is 193 Å². The normalized spacial score (nSPS) is 16.9. The zero-order valence-electron chi connectivity index (χ0n) is 19.0. The summed E-state index contributed by atoms with van der Waals surface area (Å²) in [6, 6.07) is 17.6. The van der Waals surface area contributed by atoms with Crippen LogP contribution in [-0.2, 0) is 10.2 Å². The summed E-state index contributed by atoms with van der Waals surface area (Å²) in [5.41, 5.74) is 1.53. The van der Waals surface area contributed by atoms with Crippen molar-refractivity contribution < 1.29 is 9.53 Å². The number of ether oxygens (including phenoxy) is 1. The zero-order valence-corrected chi connectivity index (χ0v) is 19.0. The van der Waals surface area contributed by atoms with E-state index in [9.17, 15) is 4.79 Å². The van der Waals surface area contributed by atoms with E-state index in [1.165, 1.54) is 0 Å². The minimum Gasteiger partial charge on any atom is -0.496 e. The Morgan fingerprint density at radius 1 is 0.939 bits per heavy atom. The van der Waals surface area contributed by atoms with Crippen LogP contribution >= 0.6 is 0 Å². The lowest BCUT2D eigenvalue weighted by atomic mass is 9.93. The van der Waals surface area contributed by atoms with Gasteiger partial charge in [-0.15, -0.1) is 10.2 Å². The number of hydrogen-bond donors (Lipinski definition) is 1. The summed E-state index contributed by atoms with van der Waals surface area (Å²) in [5.74, 6) is 3.22. The number of para-hydroxylation sites is 1. The molecule has 8 nitrogen and oxygen atoms in total. The predicted molar refractivity (Wildman–Crippen MR) is 127 cm³/mol. The quantitative estimate of drug-likeness (QED) is 0.624. The van der Waals surface area contributed by atoms with Gasteiger partial charge in [-0.1, -0.05) is 24.3 Å². The molecule has 3 aromatic rings. The average Bonchev–Trinajstić information content (AvgIpc) is 3.66. The van der Waals surface area contributed by atoms with E-state index >= 15 is 0 Å². The number of anilines is 3. The fraction of sp³-hybridized carbons (Fsp3) is 0.360. The number of methoxy groups -OCH3 is 1. The highest BCUT2D eigenvalue weighted by molar-refractivity contribution is 5.92. The number of piperazine rings is 1. The van der Waals surface area contributed by atoms with Crippen LogP contribution in [0.2, 0.25) is 0 Å². The van der Waals surface area contributed by atoms with Crippen molar-refractivity contribution in [3.63, 3.8) is 0 Å². The Kier molecular flexibility index (Phi) is 5.58. The molecular weight excluding hydrogens is 416 g/mol. The van der Waals surface area contributed by atoms with Crippen LogP contribution in [0.3, 0.4) is 0 Å². The van der Waals surface area contributed by atoms with Gasteiger partial charge in [0.15, 0.2) is 11.6 Å². The summed E-state index contributed by atoms with van der Waals surface area (Å²) in [6.07, 6.45) is 1.75. The summed E-state index contributed by atoms with van der Waals surface area (Å²) < 4.78 is 5.53. The van der Waals surface area contributed by atoms with Crippen LogP contribution < -0.4 is 15.0 Å². The van der Waals surface area contributed by atoms with Crippen molar-refractivity contribution in [1.82, 2.24) is 20.1 Å². The minimum atomic E-state index is -0.425. The lowest BCUT2D eigenvalue weighted by Gasteiger charge is -2.37. The van der Waals surface area contributed by atoms with Gasteiger partial charge in [0.05, 0.1) is 12.5 Å². The third-order valence-corrected chi connectivity index (χ3v) is 6.47. The fourth-order valence-electron chi connectivity index (χ4n) is 4.51. The van der Waals surface area contributed by atoms with Crippen LogP contribution in [0.4, 0.5) is 17.5 Å². The van der Waals surface area contributed by atoms with Gasteiger partial charge in [-0.3, -0.25) is 4.79 Å². The van der Waals surface area contributed by atoms with Crippen molar-refractivity contribution in [2.45, 2.75) is 25.2 Å². The number of carbonyl (C=O) groups is 1. The van der Waals surface area contributed by atoms with Crippen LogP contribution in [0.15, 0.2) is 54.6 Å². The van der Waals surface area contributed by atoms with Crippen molar-refractivity contribution in [3.05, 3.63) is 65.9 Å². The molecule has 1 aromatic carbocycles. The van der Waals surface area contributed by atoms with Gasteiger partial charge in [0.2, 0.25) is 5.91 Å². The highest BCUT2D eigenvalue weighted by Crippen LogP contribution is 2.52. The smallest absolute Gasteiger partial charge is 0.233 e. The molecule has 0 atom stereocenters. The summed E-state index contributed by atoms with van der Waals surface area (Å²) in [4.78, 5) is 22.0. The van der Waals surface area contributed by atoms with Crippen LogP contribution in [0.5, 0.6) is 5.75 Å². The molecule has 5 rings (SSSR count). The highest BCUT2D eigenvalue weighted by Gasteiger charge is 2.54. The first-order valence-electron chi connectivity index (χ1n) is 11.3. The molecule has 170 valence electrons. The van der Waals surface area contributed by atoms with E-state index in [0.717, 1.165) is 54.6 Å². The van der Waals surface area contributed by atoms with Gasteiger partial charge in [-0.05, 0) is 50.1 Å². The number of rotatable bonds is 6. The average molecular weight is 445 g/mol. The molecule has 0 bridgehead atoms. The second-order valence-electron chi connectivity index (χ2n) is 8.63. The van der Waals surface area contributed by atoms with Crippen LogP contribution in [0, 0.1) is 6.92 Å². The van der Waals surface area contributed by atoms with Gasteiger partial charge in [0.25, 0.3) is 0 Å². The second-order valence-corrected chi connectivity index (χ2v) is 8.63. The fourth-order valence-corrected chi connectivity index (χ4v) is 4.51. The summed E-state index contributed by atoms with van der Waals surface area (Å²) in [6.45, 7) is 4.75. The van der Waals surface area contributed by atoms with E-state index in [1.807, 2.05) is 66.4 Å². The summed E-state index contributed by atoms with van der Waals surface area (Å²) >= 11 is 0. The Balaban J connectivity index is 1.21. The lowest BCUT2D eigenvalue weighted by molar-refractivity contribution is -0.134. The Bertz CT molecular complexity index is 1140. The monoisotopic (exact) mass is 444 g/mol. The van der Waals surface area contributed by atoms with Gasteiger partial charge in [-0.25, -0.2) is 4.98 Å². The first kappa shape index (κ1) is 21.2. The number of amides is 1. The number of nitrogens with zero attached hydrogens (tertiary/aromatic N) is 5. The number of carbonyl (C=O) groups excluding carboxylic acids is 1. The summed E-state index contributed by atoms with van der Waals surface area (Å²) in [5, 5.41) is 11.9. The third kappa shape index (κ3) is 4.20. The molecule has 2 fully saturated rings. The Morgan fingerprint density at radius 3 is 2.39 bits per heavy atom. The maximum atomic E-state index is 13.4. The van der Waals surface area contributed by atoms with Gasteiger partial charge in [0, 0.05) is 37.4 Å². The molecule has 1 aliphatic heterocycles. The standard InChI is InChI=1S/C25H28N6O2/c1-18-6-5-9-21(26-18)27-22-10-11-23(29-28-22)30-14-16-31(17-15-30)24(32)25(12-13-25)19-7-3-4-8-20(19)33-2/h3-11H,12-17H2,1-2H3,(H,26,27,28). The predicted octanol–water partition coefficient (Wildman–Crippen LogP) is 3.31. The number of aromatic nitrogens is 3. The number of nitrogens with one attached hydrogen (secondary N) is 1. The van der Waals surface area contributed by atoms with Crippen molar-refractivity contribution in [3.8, 4) is 5.75 Å². The molecule has 1 saturated carbocycles. The maximum absolute atomic E-state index is 13.4. The van der Waals surface area contributed by atoms with Crippen molar-refractivity contribution in [2.75, 3.05) is 43.5 Å². The molecule has 0 radical (unpaired) electrons. The van der Waals surface area contributed by atoms with Gasteiger partial charge >= 0.3 is 0 Å². The molecule has 0 unspecified atom stereocenters. The van der Waals surface area contributed by atoms with Crippen LogP contribution in [0.1, 0.15) is 24.1 Å². The molecule has 1 N–H and O–H groups in total. The van der Waals surface area contributed by atoms with Gasteiger partial charge in [-0.2, -0.15) is 0 Å². The van der Waals surface area contributed by atoms with E-state index in [-0.39, 0.29) is 5.91 Å². The Hall–Kier alpha value is -3.68. The molecule has 1 amide bonds. The molecule has 2 aliphatic rings. The number of benzene rings is 1. The minimum absolute atomic E-state index is 0.211. The maximum Gasteiger partial charge on any atom is 0.233 e. The van der Waals surface area contributed by atoms with E-state index < -0.39 is 5.41 Å². The van der Waals surface area contributed by atoms with E-state index in [4.69, 9.17) is 4.74 Å². The molecule has 3 heterocycles. The van der Waals surface area contributed by atoms with E-state index in [2.05, 4.69) is 25.4 Å². The van der Waals surface area contributed by atoms with Crippen molar-refractivity contribution in [1.29, 1.82) is 0 Å². The highest BCUT2D eigenvalue weighted by atomic mass is 16.5. The Morgan fingerprint density at radius 2 is 1.73 bits per heavy atom. The number of pyridine rings is 1. The first-order chi connectivity index (χ1) is 16.1. The molecule has 8 heteroatoms. The topological polar surface area (TPSA) is 83.5 Å². The van der Waals surface area contributed by atoms with Crippen molar-refractivity contribution in [2.24, 2.45) is 0 Å². The van der Waals surface area contributed by atoms with E-state index in [1.54, 1.807) is 7.11 Å². The van der Waals surface area contributed by atoms with Gasteiger partial charge < -0.3 is 19.9 Å². The van der Waals surface area contributed by atoms with E-state index in [0.29, 0.717) is 18.9 Å². The second kappa shape index (κ2) is 8.69. The zero-order chi connectivity index (χ0) is 22.8. The van der Waals surface area contributed by atoms with Crippen LogP contribution in [-0.4, -0.2) is 59.3 Å². The first-order valence-corrected chi connectivity index (χ1v) is 11.3. The molecular formula is C25H28N6O2. The lowest BCUT2D eigenvalue weighted by Crippen LogP contribution is -2.51. The third-order valence-electron chi connectivity index (χ3n) is 6.47.